The zero-order valence-corrected chi connectivity index (χ0v) is 8.74. The van der Waals surface area contributed by atoms with E-state index in [1.165, 1.54) is 25.7 Å². The van der Waals surface area contributed by atoms with Crippen molar-refractivity contribution in [1.29, 1.82) is 5.41 Å². The van der Waals surface area contributed by atoms with Gasteiger partial charge in [-0.25, -0.2) is 10.2 Å². The average Bonchev–Trinajstić information content (AvgIpc) is 1.87. The van der Waals surface area contributed by atoms with Gasteiger partial charge in [0.05, 0.1) is 0 Å². The maximum absolute atomic E-state index is 8.35. The van der Waals surface area contributed by atoms with Gasteiger partial charge >= 0.3 is 0 Å². The van der Waals surface area contributed by atoms with Crippen molar-refractivity contribution < 1.29 is 4.79 Å². The largest absolute Gasteiger partial charge is 0.231 e. The summed E-state index contributed by atoms with van der Waals surface area (Å²) in [7, 11) is 0. The molecule has 2 heteroatoms. The van der Waals surface area contributed by atoms with Gasteiger partial charge in [-0.2, -0.15) is 0 Å². The molecule has 12 heavy (non-hydrogen) atoms. The highest BCUT2D eigenvalue weighted by Crippen LogP contribution is 2.21. The predicted molar refractivity (Wildman–Crippen MR) is 52.0 cm³/mol. The van der Waals surface area contributed by atoms with Crippen molar-refractivity contribution in [3.05, 3.63) is 0 Å². The van der Waals surface area contributed by atoms with E-state index in [2.05, 4.69) is 27.7 Å². The van der Waals surface area contributed by atoms with Crippen LogP contribution >= 0.6 is 0 Å². The molecule has 0 aliphatic carbocycles. The van der Waals surface area contributed by atoms with E-state index >= 15 is 0 Å². The van der Waals surface area contributed by atoms with Crippen LogP contribution in [0.1, 0.15) is 53.4 Å². The molecule has 0 unspecified atom stereocenters. The summed E-state index contributed by atoms with van der Waals surface area (Å²) in [6.45, 7) is 9.18. The minimum atomic E-state index is 0.551. The molecule has 0 aliphatic rings. The molecule has 0 aromatic carbocycles. The Morgan fingerprint density at radius 3 is 1.92 bits per heavy atom. The number of hydrogen-bond donors (Lipinski definition) is 1. The Balaban J connectivity index is 0. The molecule has 0 amide bonds. The zero-order chi connectivity index (χ0) is 10.0. The van der Waals surface area contributed by atoms with Gasteiger partial charge in [0, 0.05) is 0 Å². The van der Waals surface area contributed by atoms with E-state index < -0.39 is 0 Å². The van der Waals surface area contributed by atoms with Crippen LogP contribution in [0.2, 0.25) is 0 Å². The summed E-state index contributed by atoms with van der Waals surface area (Å²) >= 11 is 0. The van der Waals surface area contributed by atoms with Crippen LogP contribution in [0, 0.1) is 10.8 Å². The molecule has 0 saturated carbocycles. The fraction of sp³-hybridized carbons (Fsp3) is 0.900. The summed E-state index contributed by atoms with van der Waals surface area (Å²) in [5, 5.41) is 5.40. The Bertz CT molecular complexity index is 118. The molecule has 0 atom stereocenters. The van der Waals surface area contributed by atoms with Gasteiger partial charge in [-0.05, 0) is 11.8 Å². The quantitative estimate of drug-likeness (QED) is 0.394. The van der Waals surface area contributed by atoms with Gasteiger partial charge in [0.2, 0.25) is 6.08 Å². The normalized spacial score (nSPS) is 9.67. The smallest absolute Gasteiger partial charge is 0.222 e. The third-order valence-electron chi connectivity index (χ3n) is 1.53. The lowest BCUT2D eigenvalue weighted by Crippen LogP contribution is -2.03. The van der Waals surface area contributed by atoms with Crippen molar-refractivity contribution in [3.63, 3.8) is 0 Å². The second kappa shape index (κ2) is 8.48. The number of isocyanates is 1. The maximum atomic E-state index is 8.35. The van der Waals surface area contributed by atoms with E-state index in [-0.39, 0.29) is 0 Å². The van der Waals surface area contributed by atoms with Gasteiger partial charge in [0.1, 0.15) is 0 Å². The summed E-state index contributed by atoms with van der Waals surface area (Å²) in [6.07, 6.45) is 6.27. The number of nitrogens with one attached hydrogen (secondary N) is 1. The second-order valence-corrected chi connectivity index (χ2v) is 4.12. The van der Waals surface area contributed by atoms with Gasteiger partial charge in [-0.15, -0.1) is 0 Å². The molecule has 0 aromatic heterocycles. The highest BCUT2D eigenvalue weighted by molar-refractivity contribution is 5.26. The molecule has 0 spiro atoms. The first-order valence-electron chi connectivity index (χ1n) is 4.51. The van der Waals surface area contributed by atoms with Gasteiger partial charge in [0.25, 0.3) is 0 Å². The molecule has 1 N–H and O–H groups in total. The molecule has 0 rings (SSSR count). The van der Waals surface area contributed by atoms with Crippen LogP contribution in [0.4, 0.5) is 0 Å². The van der Waals surface area contributed by atoms with Crippen LogP contribution in [0.25, 0.3) is 0 Å². The van der Waals surface area contributed by atoms with Crippen molar-refractivity contribution >= 4 is 6.08 Å². The monoisotopic (exact) mass is 171 g/mol. The maximum Gasteiger partial charge on any atom is 0.231 e. The predicted octanol–water partition coefficient (Wildman–Crippen LogP) is 3.51. The third-order valence-corrected chi connectivity index (χ3v) is 1.53. The molecule has 0 aromatic rings. The number of unbranched alkanes of at least 4 members (excludes halogenated alkanes) is 2. The number of hydrogen-bond acceptors (Lipinski definition) is 2. The summed E-state index contributed by atoms with van der Waals surface area (Å²) < 4.78 is 0. The molecular weight excluding hydrogens is 150 g/mol. The van der Waals surface area contributed by atoms with E-state index in [4.69, 9.17) is 10.2 Å². The van der Waals surface area contributed by atoms with Crippen molar-refractivity contribution in [3.8, 4) is 0 Å². The molecule has 0 heterocycles. The van der Waals surface area contributed by atoms with Gasteiger partial charge in [0.15, 0.2) is 0 Å². The minimum absolute atomic E-state index is 0.551. The molecule has 0 saturated heterocycles. The number of rotatable bonds is 3. The molecule has 0 radical (unpaired) electrons. The Hall–Kier alpha value is -0.620. The second-order valence-electron chi connectivity index (χ2n) is 4.12. The highest BCUT2D eigenvalue weighted by Gasteiger charge is 2.07. The van der Waals surface area contributed by atoms with Crippen LogP contribution < -0.4 is 0 Å². The molecule has 0 fully saturated rings. The molecule has 0 aliphatic heterocycles. The molecular formula is C10H21NO. The summed E-state index contributed by atoms with van der Waals surface area (Å²) in [5.41, 5.74) is 0.551. The lowest BCUT2D eigenvalue weighted by Gasteiger charge is -2.16. The Morgan fingerprint density at radius 2 is 1.67 bits per heavy atom. The van der Waals surface area contributed by atoms with Crippen LogP contribution in [0.15, 0.2) is 0 Å². The van der Waals surface area contributed by atoms with Crippen molar-refractivity contribution in [2.45, 2.75) is 53.4 Å². The Labute approximate surface area is 75.9 Å². The first-order valence-corrected chi connectivity index (χ1v) is 4.51. The van der Waals surface area contributed by atoms with E-state index in [1.54, 1.807) is 0 Å². The summed E-state index contributed by atoms with van der Waals surface area (Å²) in [5.74, 6) is 0. The first-order chi connectivity index (χ1) is 5.47. The van der Waals surface area contributed by atoms with Crippen LogP contribution in [0.3, 0.4) is 0 Å². The molecule has 0 bridgehead atoms. The van der Waals surface area contributed by atoms with Crippen LogP contribution in [0.5, 0.6) is 0 Å². The topological polar surface area (TPSA) is 40.9 Å². The van der Waals surface area contributed by atoms with Crippen molar-refractivity contribution in [2.24, 2.45) is 5.41 Å². The third kappa shape index (κ3) is 22.8. The van der Waals surface area contributed by atoms with E-state index in [0.717, 1.165) is 6.08 Å². The summed E-state index contributed by atoms with van der Waals surface area (Å²) in [6, 6.07) is 0. The Kier molecular flexibility index (Phi) is 9.84. The minimum Gasteiger partial charge on any atom is -0.222 e. The fourth-order valence-electron chi connectivity index (χ4n) is 0.905. The fourth-order valence-corrected chi connectivity index (χ4v) is 0.905. The lowest BCUT2D eigenvalue weighted by atomic mass is 9.90. The van der Waals surface area contributed by atoms with Crippen molar-refractivity contribution in [1.82, 2.24) is 0 Å². The van der Waals surface area contributed by atoms with Crippen LogP contribution in [-0.4, -0.2) is 6.08 Å². The van der Waals surface area contributed by atoms with E-state index in [0.29, 0.717) is 5.41 Å². The molecule has 72 valence electrons. The van der Waals surface area contributed by atoms with Gasteiger partial charge in [-0.3, -0.25) is 0 Å². The summed E-state index contributed by atoms with van der Waals surface area (Å²) in [4.78, 5) is 8.35. The zero-order valence-electron chi connectivity index (χ0n) is 8.74. The van der Waals surface area contributed by atoms with E-state index in [9.17, 15) is 0 Å². The van der Waals surface area contributed by atoms with Gasteiger partial charge in [-0.1, -0.05) is 47.0 Å². The number of carbonyl (C=O) groups excluding carboxylic acids is 1. The standard InChI is InChI=1S/C9H20.CHNO/c1-5-6-7-8-9(2,3)4;2-1-3/h5-8H2,1-4H3;2H. The van der Waals surface area contributed by atoms with Crippen molar-refractivity contribution in [2.75, 3.05) is 0 Å². The lowest BCUT2D eigenvalue weighted by molar-refractivity contribution is 0.359. The van der Waals surface area contributed by atoms with Crippen LogP contribution in [-0.2, 0) is 4.79 Å². The van der Waals surface area contributed by atoms with E-state index in [1.807, 2.05) is 0 Å². The SMILES string of the molecule is CCCCCC(C)(C)C.N=C=O. The average molecular weight is 171 g/mol. The first kappa shape index (κ1) is 13.9. The molecule has 2 nitrogen and oxygen atoms in total. The highest BCUT2D eigenvalue weighted by atomic mass is 16.1. The van der Waals surface area contributed by atoms with Gasteiger partial charge < -0.3 is 0 Å². The Morgan fingerprint density at radius 1 is 1.25 bits per heavy atom.